The van der Waals surface area contributed by atoms with Crippen molar-refractivity contribution in [3.05, 3.63) is 47.5 Å². The Labute approximate surface area is 156 Å². The Balaban J connectivity index is 2.29. The lowest BCUT2D eigenvalue weighted by Gasteiger charge is -2.33. The first-order valence-corrected chi connectivity index (χ1v) is 10.8. The van der Waals surface area contributed by atoms with Gasteiger partial charge in [0.25, 0.3) is 10.1 Å². The fraction of sp³-hybridized carbons (Fsp3) is 0.429. The summed E-state index contributed by atoms with van der Waals surface area (Å²) in [6, 6.07) is 11.0. The molecule has 0 heterocycles. The lowest BCUT2D eigenvalue weighted by molar-refractivity contribution is 0.413. The van der Waals surface area contributed by atoms with Crippen molar-refractivity contribution < 1.29 is 13.0 Å². The van der Waals surface area contributed by atoms with Crippen LogP contribution in [0.2, 0.25) is 0 Å². The third kappa shape index (κ3) is 3.14. The van der Waals surface area contributed by atoms with Crippen LogP contribution >= 0.6 is 0 Å². The molecule has 0 bridgehead atoms. The van der Waals surface area contributed by atoms with E-state index in [1.165, 1.54) is 11.6 Å². The van der Waals surface area contributed by atoms with Gasteiger partial charge in [0.1, 0.15) is 0 Å². The molecule has 0 spiro atoms. The first-order valence-electron chi connectivity index (χ1n) is 9.36. The van der Waals surface area contributed by atoms with Crippen LogP contribution < -0.4 is 5.73 Å². The Morgan fingerprint density at radius 3 is 2.00 bits per heavy atom. The maximum atomic E-state index is 11.7. The molecule has 26 heavy (non-hydrogen) atoms. The molecule has 0 unspecified atom stereocenters. The minimum absolute atomic E-state index is 0.0330. The van der Waals surface area contributed by atoms with Gasteiger partial charge in [0.15, 0.2) is 0 Å². The van der Waals surface area contributed by atoms with E-state index < -0.39 is 10.1 Å². The summed E-state index contributed by atoms with van der Waals surface area (Å²) in [5.74, 6) is 0. The van der Waals surface area contributed by atoms with E-state index in [-0.39, 0.29) is 10.3 Å². The number of hydrogen-bond donors (Lipinski definition) is 2. The minimum Gasteiger partial charge on any atom is -0.399 e. The smallest absolute Gasteiger partial charge is 0.294 e. The molecule has 0 saturated carbocycles. The average molecular weight is 374 g/mol. The zero-order valence-corrected chi connectivity index (χ0v) is 16.3. The number of hydrogen-bond acceptors (Lipinski definition) is 3. The van der Waals surface area contributed by atoms with Crippen LogP contribution in [0.25, 0.3) is 11.1 Å². The van der Waals surface area contributed by atoms with E-state index in [2.05, 4.69) is 13.8 Å². The number of anilines is 1. The highest BCUT2D eigenvalue weighted by Gasteiger charge is 2.42. The predicted octanol–water partition coefficient (Wildman–Crippen LogP) is 5.16. The summed E-state index contributed by atoms with van der Waals surface area (Å²) in [6.45, 7) is 4.33. The fourth-order valence-electron chi connectivity index (χ4n) is 4.27. The second-order valence-electron chi connectivity index (χ2n) is 7.28. The van der Waals surface area contributed by atoms with Gasteiger partial charge in [-0.1, -0.05) is 51.7 Å². The summed E-state index contributed by atoms with van der Waals surface area (Å²) in [5, 5.41) is 0. The second-order valence-corrected chi connectivity index (χ2v) is 8.70. The van der Waals surface area contributed by atoms with E-state index in [0.717, 1.165) is 60.9 Å². The highest BCUT2D eigenvalue weighted by molar-refractivity contribution is 7.85. The number of nitrogen functional groups attached to an aromatic ring is 1. The third-order valence-corrected chi connectivity index (χ3v) is 6.42. The lowest BCUT2D eigenvalue weighted by Crippen LogP contribution is -2.26. The number of fused-ring (bicyclic) bond motifs is 3. The van der Waals surface area contributed by atoms with Crippen LogP contribution in [0.1, 0.15) is 63.5 Å². The quantitative estimate of drug-likeness (QED) is 0.519. The van der Waals surface area contributed by atoms with Crippen LogP contribution in [-0.2, 0) is 15.5 Å². The van der Waals surface area contributed by atoms with Gasteiger partial charge in [-0.25, -0.2) is 0 Å². The van der Waals surface area contributed by atoms with Gasteiger partial charge in [0.05, 0.1) is 4.90 Å². The Bertz CT molecular complexity index is 911. The van der Waals surface area contributed by atoms with Crippen molar-refractivity contribution in [1.82, 2.24) is 0 Å². The SMILES string of the molecule is CCCCC1(CCCC)c2cc(N)ccc2-c2ccc(S(=O)(=O)O)cc21. The highest BCUT2D eigenvalue weighted by atomic mass is 32.2. The van der Waals surface area contributed by atoms with Crippen molar-refractivity contribution in [2.24, 2.45) is 0 Å². The zero-order chi connectivity index (χ0) is 18.9. The summed E-state index contributed by atoms with van der Waals surface area (Å²) >= 11 is 0. The van der Waals surface area contributed by atoms with E-state index >= 15 is 0 Å². The first kappa shape index (κ1) is 18.9. The number of nitrogens with two attached hydrogens (primary N) is 1. The standard InChI is InChI=1S/C21H27NO3S/c1-3-5-11-21(12-6-4-2)19-13-15(22)7-9-17(19)18-10-8-16(14-20(18)21)26(23,24)25/h7-10,13-14H,3-6,11-12,22H2,1-2H3,(H,23,24,25). The van der Waals surface area contributed by atoms with Crippen molar-refractivity contribution in [3.8, 4) is 11.1 Å². The number of benzene rings is 2. The summed E-state index contributed by atoms with van der Waals surface area (Å²) < 4.78 is 33.0. The molecule has 0 radical (unpaired) electrons. The Morgan fingerprint density at radius 2 is 1.46 bits per heavy atom. The molecule has 0 fully saturated rings. The molecule has 0 saturated heterocycles. The molecular formula is C21H27NO3S. The Hall–Kier alpha value is -1.85. The van der Waals surface area contributed by atoms with E-state index in [0.29, 0.717) is 0 Å². The molecular weight excluding hydrogens is 346 g/mol. The lowest BCUT2D eigenvalue weighted by atomic mass is 9.71. The molecule has 0 atom stereocenters. The van der Waals surface area contributed by atoms with Crippen LogP contribution in [0.5, 0.6) is 0 Å². The van der Waals surface area contributed by atoms with Crippen molar-refractivity contribution in [2.75, 3.05) is 5.73 Å². The second kappa shape index (κ2) is 7.05. The Kier molecular flexibility index (Phi) is 5.13. The van der Waals surface area contributed by atoms with Crippen molar-refractivity contribution in [1.29, 1.82) is 0 Å². The largest absolute Gasteiger partial charge is 0.399 e. The molecule has 2 aromatic carbocycles. The van der Waals surface area contributed by atoms with E-state index in [1.807, 2.05) is 24.3 Å². The Morgan fingerprint density at radius 1 is 0.923 bits per heavy atom. The number of rotatable bonds is 7. The summed E-state index contributed by atoms with van der Waals surface area (Å²) in [4.78, 5) is -0.0330. The van der Waals surface area contributed by atoms with Gasteiger partial charge in [-0.2, -0.15) is 8.42 Å². The first-order chi connectivity index (χ1) is 12.3. The van der Waals surface area contributed by atoms with E-state index in [9.17, 15) is 13.0 Å². The van der Waals surface area contributed by atoms with E-state index in [4.69, 9.17) is 5.73 Å². The van der Waals surface area contributed by atoms with Crippen LogP contribution in [-0.4, -0.2) is 13.0 Å². The van der Waals surface area contributed by atoms with Gasteiger partial charge in [0.2, 0.25) is 0 Å². The highest BCUT2D eigenvalue weighted by Crippen LogP contribution is 2.54. The molecule has 1 aliphatic rings. The van der Waals surface area contributed by atoms with Gasteiger partial charge in [-0.3, -0.25) is 4.55 Å². The maximum Gasteiger partial charge on any atom is 0.294 e. The molecule has 2 aromatic rings. The van der Waals surface area contributed by atoms with Gasteiger partial charge >= 0.3 is 0 Å². The molecule has 0 amide bonds. The topological polar surface area (TPSA) is 80.4 Å². The van der Waals surface area contributed by atoms with Crippen molar-refractivity contribution in [3.63, 3.8) is 0 Å². The molecule has 5 heteroatoms. The minimum atomic E-state index is -4.24. The summed E-state index contributed by atoms with van der Waals surface area (Å²) in [7, 11) is -4.24. The van der Waals surface area contributed by atoms with Gasteiger partial charge in [0, 0.05) is 11.1 Å². The van der Waals surface area contributed by atoms with E-state index in [1.54, 1.807) is 6.07 Å². The fourth-order valence-corrected chi connectivity index (χ4v) is 4.78. The average Bonchev–Trinajstić information content (AvgIpc) is 2.86. The van der Waals surface area contributed by atoms with Crippen LogP contribution in [0.3, 0.4) is 0 Å². The van der Waals surface area contributed by atoms with Crippen LogP contribution in [0.15, 0.2) is 41.3 Å². The molecule has 4 nitrogen and oxygen atoms in total. The molecule has 3 rings (SSSR count). The molecule has 0 aliphatic heterocycles. The van der Waals surface area contributed by atoms with Crippen LogP contribution in [0, 0.1) is 0 Å². The number of unbranched alkanes of at least 4 members (excludes halogenated alkanes) is 2. The summed E-state index contributed by atoms with van der Waals surface area (Å²) in [5.41, 5.74) is 11.0. The zero-order valence-electron chi connectivity index (χ0n) is 15.5. The third-order valence-electron chi connectivity index (χ3n) is 5.57. The monoisotopic (exact) mass is 373 g/mol. The predicted molar refractivity (Wildman–Crippen MR) is 106 cm³/mol. The van der Waals surface area contributed by atoms with Crippen molar-refractivity contribution in [2.45, 2.75) is 62.7 Å². The maximum absolute atomic E-state index is 11.7. The van der Waals surface area contributed by atoms with Gasteiger partial charge in [-0.15, -0.1) is 0 Å². The molecule has 3 N–H and O–H groups in total. The summed E-state index contributed by atoms with van der Waals surface area (Å²) in [6.07, 6.45) is 6.13. The molecule has 140 valence electrons. The van der Waals surface area contributed by atoms with Gasteiger partial charge in [-0.05, 0) is 59.4 Å². The van der Waals surface area contributed by atoms with Crippen molar-refractivity contribution >= 4 is 15.8 Å². The normalized spacial score (nSPS) is 14.9. The van der Waals surface area contributed by atoms with Crippen LogP contribution in [0.4, 0.5) is 5.69 Å². The van der Waals surface area contributed by atoms with Gasteiger partial charge < -0.3 is 5.73 Å². The molecule has 1 aliphatic carbocycles. The molecule has 0 aromatic heterocycles.